The second kappa shape index (κ2) is 5.71. The average Bonchev–Trinajstić information content (AvgIpc) is 2.15. The monoisotopic (exact) mass is 243 g/mol. The lowest BCUT2D eigenvalue weighted by molar-refractivity contribution is -0.0784. The van der Waals surface area contributed by atoms with Crippen LogP contribution < -0.4 is 0 Å². The summed E-state index contributed by atoms with van der Waals surface area (Å²) >= 11 is 0. The summed E-state index contributed by atoms with van der Waals surface area (Å²) in [4.78, 5) is 13.4. The molecule has 1 unspecified atom stereocenters. The summed E-state index contributed by atoms with van der Waals surface area (Å²) in [5.74, 6) is 0.632. The zero-order chi connectivity index (χ0) is 13.1. The molecule has 0 spiro atoms. The first-order valence-corrected chi connectivity index (χ1v) is 6.37. The van der Waals surface area contributed by atoms with Crippen molar-refractivity contribution in [1.29, 1.82) is 0 Å². The zero-order valence-corrected chi connectivity index (χ0v) is 11.7. The van der Waals surface area contributed by atoms with Gasteiger partial charge in [0.15, 0.2) is 0 Å². The zero-order valence-electron chi connectivity index (χ0n) is 11.7. The van der Waals surface area contributed by atoms with Gasteiger partial charge in [0.25, 0.3) is 0 Å². The van der Waals surface area contributed by atoms with E-state index in [1.165, 1.54) is 0 Å². The molecule has 0 aromatic heterocycles. The molecule has 0 bridgehead atoms. The van der Waals surface area contributed by atoms with E-state index >= 15 is 0 Å². The molecular weight excluding hydrogens is 218 g/mol. The molecule has 1 amide bonds. The van der Waals surface area contributed by atoms with Crippen molar-refractivity contribution in [2.45, 2.75) is 59.2 Å². The summed E-state index contributed by atoms with van der Waals surface area (Å²) in [6.45, 7) is 11.1. The normalized spacial score (nSPS) is 21.8. The van der Waals surface area contributed by atoms with Crippen LogP contribution in [-0.2, 0) is 9.47 Å². The van der Waals surface area contributed by atoms with Crippen molar-refractivity contribution in [1.82, 2.24) is 4.90 Å². The third kappa shape index (κ3) is 5.39. The third-order valence-electron chi connectivity index (χ3n) is 2.57. The van der Waals surface area contributed by atoms with Crippen LogP contribution in [0.5, 0.6) is 0 Å². The first-order valence-electron chi connectivity index (χ1n) is 6.37. The van der Waals surface area contributed by atoms with Gasteiger partial charge in [0.1, 0.15) is 12.3 Å². The Labute approximate surface area is 104 Å². The molecule has 0 saturated carbocycles. The van der Waals surface area contributed by atoms with Gasteiger partial charge in [0.05, 0.1) is 6.10 Å². The maximum Gasteiger partial charge on any atom is 0.412 e. The van der Waals surface area contributed by atoms with Crippen LogP contribution in [0.4, 0.5) is 4.79 Å². The molecule has 0 N–H and O–H groups in total. The van der Waals surface area contributed by atoms with Gasteiger partial charge in [-0.2, -0.15) is 0 Å². The fourth-order valence-corrected chi connectivity index (χ4v) is 1.83. The summed E-state index contributed by atoms with van der Waals surface area (Å²) in [6, 6.07) is 0. The topological polar surface area (TPSA) is 38.8 Å². The number of rotatable bonds is 2. The van der Waals surface area contributed by atoms with Crippen molar-refractivity contribution in [3.05, 3.63) is 0 Å². The SMILES string of the molecule is CC(C)CC1CCN(C(=O)OC(C)(C)C)CO1. The molecule has 1 fully saturated rings. The average molecular weight is 243 g/mol. The van der Waals surface area contributed by atoms with E-state index in [0.717, 1.165) is 19.4 Å². The minimum absolute atomic E-state index is 0.277. The first kappa shape index (κ1) is 14.3. The van der Waals surface area contributed by atoms with Crippen LogP contribution in [0.3, 0.4) is 0 Å². The number of hydrogen-bond acceptors (Lipinski definition) is 3. The summed E-state index contributed by atoms with van der Waals surface area (Å²) in [5.41, 5.74) is -0.439. The van der Waals surface area contributed by atoms with Gasteiger partial charge in [0.2, 0.25) is 0 Å². The van der Waals surface area contributed by atoms with Crippen molar-refractivity contribution < 1.29 is 14.3 Å². The van der Waals surface area contributed by atoms with Crippen LogP contribution in [-0.4, -0.2) is 36.0 Å². The lowest BCUT2D eigenvalue weighted by Gasteiger charge is -2.34. The van der Waals surface area contributed by atoms with Crippen LogP contribution >= 0.6 is 0 Å². The van der Waals surface area contributed by atoms with Crippen LogP contribution in [0.25, 0.3) is 0 Å². The Morgan fingerprint density at radius 2 is 2.12 bits per heavy atom. The second-order valence-corrected chi connectivity index (χ2v) is 6.08. The lowest BCUT2D eigenvalue weighted by atomic mass is 10.0. The fourth-order valence-electron chi connectivity index (χ4n) is 1.83. The highest BCUT2D eigenvalue weighted by atomic mass is 16.6. The predicted molar refractivity (Wildman–Crippen MR) is 66.8 cm³/mol. The maximum absolute atomic E-state index is 11.8. The van der Waals surface area contributed by atoms with Gasteiger partial charge >= 0.3 is 6.09 Å². The summed E-state index contributed by atoms with van der Waals surface area (Å²) in [7, 11) is 0. The van der Waals surface area contributed by atoms with Crippen molar-refractivity contribution in [3.63, 3.8) is 0 Å². The first-order chi connectivity index (χ1) is 7.78. The highest BCUT2D eigenvalue weighted by molar-refractivity contribution is 5.68. The molecule has 0 aromatic carbocycles. The number of amides is 1. The Morgan fingerprint density at radius 1 is 1.47 bits per heavy atom. The summed E-state index contributed by atoms with van der Waals surface area (Å²) in [5, 5.41) is 0. The van der Waals surface area contributed by atoms with E-state index in [2.05, 4.69) is 13.8 Å². The summed E-state index contributed by atoms with van der Waals surface area (Å²) in [6.07, 6.45) is 1.97. The maximum atomic E-state index is 11.8. The number of carbonyl (C=O) groups excluding carboxylic acids is 1. The van der Waals surface area contributed by atoms with Crippen LogP contribution in [0.1, 0.15) is 47.5 Å². The Bertz CT molecular complexity index is 250. The van der Waals surface area contributed by atoms with E-state index in [-0.39, 0.29) is 12.2 Å². The molecule has 1 atom stereocenters. The molecule has 17 heavy (non-hydrogen) atoms. The van der Waals surface area contributed by atoms with E-state index in [0.29, 0.717) is 12.6 Å². The number of hydrogen-bond donors (Lipinski definition) is 0. The van der Waals surface area contributed by atoms with Gasteiger partial charge in [-0.25, -0.2) is 4.79 Å². The van der Waals surface area contributed by atoms with Crippen molar-refractivity contribution in [3.8, 4) is 0 Å². The van der Waals surface area contributed by atoms with Crippen molar-refractivity contribution in [2.75, 3.05) is 13.3 Å². The highest BCUT2D eigenvalue weighted by Gasteiger charge is 2.27. The molecule has 4 nitrogen and oxygen atoms in total. The van der Waals surface area contributed by atoms with Crippen molar-refractivity contribution >= 4 is 6.09 Å². The minimum Gasteiger partial charge on any atom is -0.444 e. The van der Waals surface area contributed by atoms with Crippen molar-refractivity contribution in [2.24, 2.45) is 5.92 Å². The van der Waals surface area contributed by atoms with Gasteiger partial charge in [-0.05, 0) is 39.5 Å². The molecule has 1 aliphatic rings. The molecule has 1 saturated heterocycles. The lowest BCUT2D eigenvalue weighted by Crippen LogP contribution is -2.44. The molecule has 1 aliphatic heterocycles. The van der Waals surface area contributed by atoms with E-state index in [4.69, 9.17) is 9.47 Å². The Kier molecular flexibility index (Phi) is 4.80. The third-order valence-corrected chi connectivity index (χ3v) is 2.57. The Balaban J connectivity index is 2.34. The second-order valence-electron chi connectivity index (χ2n) is 6.08. The predicted octanol–water partition coefficient (Wildman–Crippen LogP) is 3.02. The summed E-state index contributed by atoms with van der Waals surface area (Å²) < 4.78 is 11.0. The largest absolute Gasteiger partial charge is 0.444 e. The van der Waals surface area contributed by atoms with Gasteiger partial charge in [0, 0.05) is 6.54 Å². The number of carbonyl (C=O) groups is 1. The van der Waals surface area contributed by atoms with E-state index in [1.807, 2.05) is 20.8 Å². The molecule has 0 radical (unpaired) electrons. The van der Waals surface area contributed by atoms with E-state index in [1.54, 1.807) is 4.90 Å². The highest BCUT2D eigenvalue weighted by Crippen LogP contribution is 2.19. The molecule has 1 rings (SSSR count). The quantitative estimate of drug-likeness (QED) is 0.748. The minimum atomic E-state index is -0.439. The van der Waals surface area contributed by atoms with Crippen LogP contribution in [0.15, 0.2) is 0 Å². The number of nitrogens with zero attached hydrogens (tertiary/aromatic N) is 1. The Morgan fingerprint density at radius 3 is 2.53 bits per heavy atom. The standard InChI is InChI=1S/C13H25NO3/c1-10(2)8-11-6-7-14(9-16-11)12(15)17-13(3,4)5/h10-11H,6-9H2,1-5H3. The van der Waals surface area contributed by atoms with Gasteiger partial charge in [-0.15, -0.1) is 0 Å². The molecule has 4 heteroatoms. The van der Waals surface area contributed by atoms with Gasteiger partial charge < -0.3 is 9.47 Å². The van der Waals surface area contributed by atoms with E-state index < -0.39 is 5.60 Å². The molecule has 0 aromatic rings. The Hall–Kier alpha value is -0.770. The smallest absolute Gasteiger partial charge is 0.412 e. The molecule has 1 heterocycles. The fraction of sp³-hybridized carbons (Fsp3) is 0.923. The van der Waals surface area contributed by atoms with E-state index in [9.17, 15) is 4.79 Å². The van der Waals surface area contributed by atoms with Gasteiger partial charge in [-0.3, -0.25) is 4.90 Å². The molecular formula is C13H25NO3. The number of ether oxygens (including phenoxy) is 2. The molecule has 0 aliphatic carbocycles. The van der Waals surface area contributed by atoms with Crippen LogP contribution in [0.2, 0.25) is 0 Å². The molecule has 100 valence electrons. The van der Waals surface area contributed by atoms with Crippen LogP contribution in [0, 0.1) is 5.92 Å². The van der Waals surface area contributed by atoms with Gasteiger partial charge in [-0.1, -0.05) is 13.8 Å².